The molecule has 0 atom stereocenters. The van der Waals surface area contributed by atoms with Crippen LogP contribution in [0.4, 0.5) is 0 Å². The number of nitrogens with one attached hydrogen (secondary N) is 1. The molecule has 0 radical (unpaired) electrons. The summed E-state index contributed by atoms with van der Waals surface area (Å²) in [4.78, 5) is 0. The highest BCUT2D eigenvalue weighted by molar-refractivity contribution is 5.21. The van der Waals surface area contributed by atoms with Gasteiger partial charge in [-0.25, -0.2) is 0 Å². The fourth-order valence-electron chi connectivity index (χ4n) is 1.58. The summed E-state index contributed by atoms with van der Waals surface area (Å²) in [5.74, 6) is 0. The molecule has 0 saturated heterocycles. The second kappa shape index (κ2) is 11.6. The van der Waals surface area contributed by atoms with Crippen LogP contribution in [0, 0.1) is 0 Å². The van der Waals surface area contributed by atoms with Crippen LogP contribution in [0.2, 0.25) is 0 Å². The molecule has 0 aliphatic carbocycles. The Hall–Kier alpha value is -1.50. The minimum atomic E-state index is 0.965. The van der Waals surface area contributed by atoms with Crippen LogP contribution in [-0.4, -0.2) is 6.54 Å². The van der Waals surface area contributed by atoms with E-state index in [1.54, 1.807) is 0 Å². The van der Waals surface area contributed by atoms with Gasteiger partial charge in [0.2, 0.25) is 0 Å². The van der Waals surface area contributed by atoms with E-state index in [1.807, 2.05) is 26.0 Å². The van der Waals surface area contributed by atoms with Crippen LogP contribution in [-0.2, 0) is 0 Å². The van der Waals surface area contributed by atoms with E-state index in [4.69, 9.17) is 0 Å². The molecule has 0 fully saturated rings. The standard InChI is InChI=1S/C18H29N/c1-16(2)12-10-8-6-7-9-11-15-19-18(5)14-13-17(3)4/h10,12-14,19H,1,3,5-9,11,15H2,2,4H3/b12-10-,14-13-. The van der Waals surface area contributed by atoms with Gasteiger partial charge in [0, 0.05) is 12.2 Å². The Morgan fingerprint density at radius 2 is 1.47 bits per heavy atom. The third-order valence-corrected chi connectivity index (χ3v) is 2.62. The molecule has 0 amide bonds. The van der Waals surface area contributed by atoms with E-state index < -0.39 is 0 Å². The monoisotopic (exact) mass is 259 g/mol. The van der Waals surface area contributed by atoms with Gasteiger partial charge in [-0.2, -0.15) is 0 Å². The Morgan fingerprint density at radius 1 is 0.842 bits per heavy atom. The maximum atomic E-state index is 3.95. The van der Waals surface area contributed by atoms with Crippen LogP contribution in [0.1, 0.15) is 46.0 Å². The molecule has 19 heavy (non-hydrogen) atoms. The predicted octanol–water partition coefficient (Wildman–Crippen LogP) is 5.30. The normalized spacial score (nSPS) is 11.1. The van der Waals surface area contributed by atoms with Crippen LogP contribution in [0.5, 0.6) is 0 Å². The fraction of sp³-hybridized carbons (Fsp3) is 0.444. The van der Waals surface area contributed by atoms with Gasteiger partial charge in [-0.15, -0.1) is 0 Å². The maximum absolute atomic E-state index is 3.95. The lowest BCUT2D eigenvalue weighted by molar-refractivity contribution is 0.625. The Labute approximate surface area is 119 Å². The van der Waals surface area contributed by atoms with E-state index >= 15 is 0 Å². The average Bonchev–Trinajstić information content (AvgIpc) is 2.34. The number of hydrogen-bond donors (Lipinski definition) is 1. The lowest BCUT2D eigenvalue weighted by atomic mass is 10.1. The van der Waals surface area contributed by atoms with Crippen molar-refractivity contribution in [3.05, 3.63) is 60.9 Å². The zero-order valence-electron chi connectivity index (χ0n) is 12.7. The molecule has 1 nitrogen and oxygen atoms in total. The molecule has 1 heteroatoms. The predicted molar refractivity (Wildman–Crippen MR) is 88.1 cm³/mol. The van der Waals surface area contributed by atoms with Crippen molar-refractivity contribution in [2.24, 2.45) is 0 Å². The van der Waals surface area contributed by atoms with Gasteiger partial charge in [0.1, 0.15) is 0 Å². The van der Waals surface area contributed by atoms with Crippen LogP contribution < -0.4 is 5.32 Å². The minimum Gasteiger partial charge on any atom is -0.386 e. The van der Waals surface area contributed by atoms with Crippen molar-refractivity contribution in [1.82, 2.24) is 5.32 Å². The van der Waals surface area contributed by atoms with Crippen molar-refractivity contribution in [2.75, 3.05) is 6.54 Å². The van der Waals surface area contributed by atoms with Crippen molar-refractivity contribution in [2.45, 2.75) is 46.0 Å². The summed E-state index contributed by atoms with van der Waals surface area (Å²) in [6, 6.07) is 0. The topological polar surface area (TPSA) is 12.0 Å². The molecule has 0 aromatic rings. The molecule has 0 aliphatic rings. The second-order valence-electron chi connectivity index (χ2n) is 5.08. The summed E-state index contributed by atoms with van der Waals surface area (Å²) in [5, 5.41) is 3.31. The highest BCUT2D eigenvalue weighted by atomic mass is 14.9. The molecule has 106 valence electrons. The van der Waals surface area contributed by atoms with Gasteiger partial charge in [0.25, 0.3) is 0 Å². The van der Waals surface area contributed by atoms with Gasteiger partial charge in [-0.05, 0) is 39.2 Å². The third-order valence-electron chi connectivity index (χ3n) is 2.62. The summed E-state index contributed by atoms with van der Waals surface area (Å²) < 4.78 is 0. The van der Waals surface area contributed by atoms with Gasteiger partial charge in [0.15, 0.2) is 0 Å². The summed E-state index contributed by atoms with van der Waals surface area (Å²) in [7, 11) is 0. The van der Waals surface area contributed by atoms with Gasteiger partial charge in [-0.3, -0.25) is 0 Å². The zero-order chi connectivity index (χ0) is 14.5. The van der Waals surface area contributed by atoms with Gasteiger partial charge >= 0.3 is 0 Å². The molecular weight excluding hydrogens is 230 g/mol. The molecule has 0 heterocycles. The van der Waals surface area contributed by atoms with Crippen molar-refractivity contribution < 1.29 is 0 Å². The summed E-state index contributed by atoms with van der Waals surface area (Å²) in [6.45, 7) is 16.6. The van der Waals surface area contributed by atoms with Crippen molar-refractivity contribution in [3.63, 3.8) is 0 Å². The van der Waals surface area contributed by atoms with Crippen LogP contribution in [0.25, 0.3) is 0 Å². The number of hydrogen-bond acceptors (Lipinski definition) is 1. The SMILES string of the molecule is C=C(C)/C=C\CCCCCCNC(=C)/C=C\C(=C)C. The van der Waals surface area contributed by atoms with E-state index in [0.717, 1.165) is 29.8 Å². The lowest BCUT2D eigenvalue weighted by Crippen LogP contribution is -2.12. The van der Waals surface area contributed by atoms with E-state index in [2.05, 4.69) is 37.2 Å². The highest BCUT2D eigenvalue weighted by Crippen LogP contribution is 2.04. The Kier molecular flexibility index (Phi) is 10.7. The molecule has 1 N–H and O–H groups in total. The second-order valence-corrected chi connectivity index (χ2v) is 5.08. The minimum absolute atomic E-state index is 0.965. The Morgan fingerprint density at radius 3 is 2.11 bits per heavy atom. The molecule has 0 aromatic heterocycles. The smallest absolute Gasteiger partial charge is 0.0267 e. The zero-order valence-corrected chi connectivity index (χ0v) is 12.7. The van der Waals surface area contributed by atoms with Crippen molar-refractivity contribution >= 4 is 0 Å². The summed E-state index contributed by atoms with van der Waals surface area (Å²) in [6.07, 6.45) is 14.4. The quantitative estimate of drug-likeness (QED) is 0.392. The molecule has 0 rings (SSSR count). The van der Waals surface area contributed by atoms with E-state index in [9.17, 15) is 0 Å². The van der Waals surface area contributed by atoms with E-state index in [0.29, 0.717) is 0 Å². The van der Waals surface area contributed by atoms with Crippen LogP contribution in [0.15, 0.2) is 60.9 Å². The van der Waals surface area contributed by atoms with E-state index in [-0.39, 0.29) is 0 Å². The fourth-order valence-corrected chi connectivity index (χ4v) is 1.58. The molecule has 0 aliphatic heterocycles. The van der Waals surface area contributed by atoms with Crippen LogP contribution >= 0.6 is 0 Å². The maximum Gasteiger partial charge on any atom is 0.0267 e. The summed E-state index contributed by atoms with van der Waals surface area (Å²) in [5.41, 5.74) is 3.14. The number of rotatable bonds is 11. The summed E-state index contributed by atoms with van der Waals surface area (Å²) >= 11 is 0. The van der Waals surface area contributed by atoms with E-state index in [1.165, 1.54) is 25.7 Å². The van der Waals surface area contributed by atoms with Crippen molar-refractivity contribution in [3.8, 4) is 0 Å². The van der Waals surface area contributed by atoms with Crippen molar-refractivity contribution in [1.29, 1.82) is 0 Å². The molecule has 0 aromatic carbocycles. The molecule has 0 spiro atoms. The number of allylic oxidation sites excluding steroid dienone is 6. The van der Waals surface area contributed by atoms with Gasteiger partial charge < -0.3 is 5.32 Å². The average molecular weight is 259 g/mol. The number of unbranched alkanes of at least 4 members (excludes halogenated alkanes) is 4. The molecule has 0 unspecified atom stereocenters. The van der Waals surface area contributed by atoms with Gasteiger partial charge in [-0.1, -0.05) is 62.0 Å². The lowest BCUT2D eigenvalue weighted by Gasteiger charge is -2.05. The first-order valence-corrected chi connectivity index (χ1v) is 7.11. The Bertz CT molecular complexity index is 345. The first kappa shape index (κ1) is 17.5. The Balaban J connectivity index is 3.38. The first-order chi connectivity index (χ1) is 9.02. The molecule has 0 bridgehead atoms. The van der Waals surface area contributed by atoms with Gasteiger partial charge in [0.05, 0.1) is 0 Å². The molecule has 0 saturated carbocycles. The molecular formula is C18H29N. The largest absolute Gasteiger partial charge is 0.386 e. The van der Waals surface area contributed by atoms with Crippen LogP contribution in [0.3, 0.4) is 0 Å². The first-order valence-electron chi connectivity index (χ1n) is 7.11. The highest BCUT2D eigenvalue weighted by Gasteiger charge is 1.90. The third kappa shape index (κ3) is 14.4.